The molecule has 2 rings (SSSR count). The Morgan fingerprint density at radius 2 is 1.95 bits per heavy atom. The standard InChI is InChI=1S/C15H21N3O2S/c1-4-13-15(21(16,19)20)14(5-2)18(17-13)10-12-8-6-7-11(3)9-12/h6-9H,4-5,10H2,1-3H3,(H2,16,19,20). The second-order valence-corrected chi connectivity index (χ2v) is 6.62. The summed E-state index contributed by atoms with van der Waals surface area (Å²) in [6.07, 6.45) is 1.12. The number of primary sulfonamides is 1. The molecule has 0 bridgehead atoms. The van der Waals surface area contributed by atoms with Gasteiger partial charge in [0.05, 0.1) is 17.9 Å². The molecule has 0 amide bonds. The van der Waals surface area contributed by atoms with Crippen LogP contribution in [0.2, 0.25) is 0 Å². The van der Waals surface area contributed by atoms with E-state index in [1.807, 2.05) is 39.0 Å². The van der Waals surface area contributed by atoms with Crippen LogP contribution in [-0.2, 0) is 29.4 Å². The Hall–Kier alpha value is -1.66. The number of hydrogen-bond acceptors (Lipinski definition) is 3. The first-order valence-corrected chi connectivity index (χ1v) is 8.58. The summed E-state index contributed by atoms with van der Waals surface area (Å²) >= 11 is 0. The maximum atomic E-state index is 11.8. The summed E-state index contributed by atoms with van der Waals surface area (Å²) in [4.78, 5) is 0.195. The second-order valence-electron chi connectivity index (χ2n) is 5.12. The molecule has 0 aliphatic heterocycles. The number of nitrogens with zero attached hydrogens (tertiary/aromatic N) is 2. The number of benzene rings is 1. The molecule has 0 fully saturated rings. The van der Waals surface area contributed by atoms with E-state index in [0.29, 0.717) is 30.8 Å². The van der Waals surface area contributed by atoms with E-state index in [-0.39, 0.29) is 4.90 Å². The fourth-order valence-electron chi connectivity index (χ4n) is 2.55. The predicted molar refractivity (Wildman–Crippen MR) is 82.6 cm³/mol. The molecule has 0 spiro atoms. The van der Waals surface area contributed by atoms with Crippen molar-refractivity contribution < 1.29 is 8.42 Å². The monoisotopic (exact) mass is 307 g/mol. The Bertz CT molecular complexity index is 748. The van der Waals surface area contributed by atoms with Gasteiger partial charge in [0.25, 0.3) is 0 Å². The average molecular weight is 307 g/mol. The van der Waals surface area contributed by atoms with Crippen LogP contribution in [0.3, 0.4) is 0 Å². The lowest BCUT2D eigenvalue weighted by molar-refractivity contribution is 0.594. The van der Waals surface area contributed by atoms with Gasteiger partial charge in [0.2, 0.25) is 10.0 Å². The SMILES string of the molecule is CCc1nn(Cc2cccc(C)c2)c(CC)c1S(N)(=O)=O. The molecule has 0 radical (unpaired) electrons. The molecule has 114 valence electrons. The normalized spacial score (nSPS) is 11.8. The third kappa shape index (κ3) is 3.33. The first kappa shape index (κ1) is 15.7. The van der Waals surface area contributed by atoms with Crippen molar-refractivity contribution in [3.05, 3.63) is 46.8 Å². The summed E-state index contributed by atoms with van der Waals surface area (Å²) < 4.78 is 25.4. The molecule has 0 unspecified atom stereocenters. The van der Waals surface area contributed by atoms with Crippen molar-refractivity contribution in [1.82, 2.24) is 9.78 Å². The minimum atomic E-state index is -3.75. The molecule has 0 saturated heterocycles. The van der Waals surface area contributed by atoms with E-state index in [4.69, 9.17) is 5.14 Å². The van der Waals surface area contributed by atoms with Crippen molar-refractivity contribution in [2.24, 2.45) is 5.14 Å². The molecule has 6 heteroatoms. The quantitative estimate of drug-likeness (QED) is 0.918. The van der Waals surface area contributed by atoms with E-state index in [2.05, 4.69) is 11.2 Å². The minimum absolute atomic E-state index is 0.195. The van der Waals surface area contributed by atoms with Crippen LogP contribution < -0.4 is 5.14 Å². The van der Waals surface area contributed by atoms with Gasteiger partial charge >= 0.3 is 0 Å². The van der Waals surface area contributed by atoms with Crippen molar-refractivity contribution in [3.63, 3.8) is 0 Å². The van der Waals surface area contributed by atoms with Crippen molar-refractivity contribution in [1.29, 1.82) is 0 Å². The molecule has 2 N–H and O–H groups in total. The molecule has 21 heavy (non-hydrogen) atoms. The third-order valence-corrected chi connectivity index (χ3v) is 4.49. The highest BCUT2D eigenvalue weighted by Crippen LogP contribution is 2.21. The van der Waals surface area contributed by atoms with Crippen LogP contribution >= 0.6 is 0 Å². The van der Waals surface area contributed by atoms with Gasteiger partial charge in [-0.15, -0.1) is 0 Å². The molecule has 1 aromatic heterocycles. The molecule has 2 aromatic rings. The lowest BCUT2D eigenvalue weighted by Gasteiger charge is -2.08. The van der Waals surface area contributed by atoms with Gasteiger partial charge < -0.3 is 0 Å². The van der Waals surface area contributed by atoms with Gasteiger partial charge in [-0.25, -0.2) is 13.6 Å². The van der Waals surface area contributed by atoms with E-state index < -0.39 is 10.0 Å². The molecule has 5 nitrogen and oxygen atoms in total. The summed E-state index contributed by atoms with van der Waals surface area (Å²) in [6.45, 7) is 6.37. The minimum Gasteiger partial charge on any atom is -0.263 e. The van der Waals surface area contributed by atoms with Gasteiger partial charge in [-0.2, -0.15) is 5.10 Å². The van der Waals surface area contributed by atoms with Crippen LogP contribution in [0.1, 0.15) is 36.4 Å². The first-order valence-electron chi connectivity index (χ1n) is 7.03. The zero-order valence-corrected chi connectivity index (χ0v) is 13.4. The van der Waals surface area contributed by atoms with E-state index in [0.717, 1.165) is 5.56 Å². The van der Waals surface area contributed by atoms with Crippen molar-refractivity contribution >= 4 is 10.0 Å². The van der Waals surface area contributed by atoms with Crippen molar-refractivity contribution in [3.8, 4) is 0 Å². The molecule has 1 heterocycles. The van der Waals surface area contributed by atoms with Crippen LogP contribution in [0.15, 0.2) is 29.2 Å². The van der Waals surface area contributed by atoms with E-state index >= 15 is 0 Å². The molecule has 0 aliphatic carbocycles. The number of nitrogens with two attached hydrogens (primary N) is 1. The fourth-order valence-corrected chi connectivity index (χ4v) is 3.64. The summed E-state index contributed by atoms with van der Waals surface area (Å²) in [5, 5.41) is 9.81. The Kier molecular flexibility index (Phi) is 4.49. The zero-order valence-electron chi connectivity index (χ0n) is 12.6. The lowest BCUT2D eigenvalue weighted by atomic mass is 10.1. The van der Waals surface area contributed by atoms with Crippen molar-refractivity contribution in [2.45, 2.75) is 45.1 Å². The highest BCUT2D eigenvalue weighted by molar-refractivity contribution is 7.89. The smallest absolute Gasteiger partial charge is 0.241 e. The maximum absolute atomic E-state index is 11.8. The second kappa shape index (κ2) is 5.99. The Morgan fingerprint density at radius 3 is 2.48 bits per heavy atom. The van der Waals surface area contributed by atoms with Crippen LogP contribution in [0, 0.1) is 6.92 Å². The summed E-state index contributed by atoms with van der Waals surface area (Å²) in [7, 11) is -3.75. The van der Waals surface area contributed by atoms with Gasteiger partial charge in [0.1, 0.15) is 4.90 Å². The molecule has 0 saturated carbocycles. The van der Waals surface area contributed by atoms with E-state index in [1.54, 1.807) is 4.68 Å². The van der Waals surface area contributed by atoms with Crippen LogP contribution in [0.25, 0.3) is 0 Å². The lowest BCUT2D eigenvalue weighted by Crippen LogP contribution is -2.16. The molecule has 0 aliphatic rings. The highest BCUT2D eigenvalue weighted by Gasteiger charge is 2.24. The Morgan fingerprint density at radius 1 is 1.24 bits per heavy atom. The van der Waals surface area contributed by atoms with Gasteiger partial charge in [0.15, 0.2) is 0 Å². The average Bonchev–Trinajstić information content (AvgIpc) is 2.76. The maximum Gasteiger partial charge on any atom is 0.241 e. The first-order chi connectivity index (χ1) is 9.86. The zero-order chi connectivity index (χ0) is 15.6. The number of aromatic nitrogens is 2. The predicted octanol–water partition coefficient (Wildman–Crippen LogP) is 2.01. The van der Waals surface area contributed by atoms with E-state index in [1.165, 1.54) is 5.56 Å². The van der Waals surface area contributed by atoms with Crippen LogP contribution in [0.5, 0.6) is 0 Å². The van der Waals surface area contributed by atoms with E-state index in [9.17, 15) is 8.42 Å². The highest BCUT2D eigenvalue weighted by atomic mass is 32.2. The molecule has 1 aromatic carbocycles. The number of aryl methyl sites for hydroxylation is 2. The van der Waals surface area contributed by atoms with Gasteiger partial charge in [-0.3, -0.25) is 4.68 Å². The third-order valence-electron chi connectivity index (χ3n) is 3.45. The summed E-state index contributed by atoms with van der Waals surface area (Å²) in [5.74, 6) is 0. The Labute approximate surface area is 125 Å². The summed E-state index contributed by atoms with van der Waals surface area (Å²) in [6, 6.07) is 8.10. The van der Waals surface area contributed by atoms with Crippen LogP contribution in [-0.4, -0.2) is 18.2 Å². The Balaban J connectivity index is 2.52. The fraction of sp³-hybridized carbons (Fsp3) is 0.400. The number of sulfonamides is 1. The number of rotatable bonds is 5. The largest absolute Gasteiger partial charge is 0.263 e. The molecular weight excluding hydrogens is 286 g/mol. The van der Waals surface area contributed by atoms with Gasteiger partial charge in [-0.1, -0.05) is 43.7 Å². The van der Waals surface area contributed by atoms with Crippen molar-refractivity contribution in [2.75, 3.05) is 0 Å². The molecule has 0 atom stereocenters. The molecular formula is C15H21N3O2S. The van der Waals surface area contributed by atoms with Crippen LogP contribution in [0.4, 0.5) is 0 Å². The topological polar surface area (TPSA) is 78.0 Å². The number of hydrogen-bond donors (Lipinski definition) is 1. The van der Waals surface area contributed by atoms with Gasteiger partial charge in [0, 0.05) is 0 Å². The van der Waals surface area contributed by atoms with Gasteiger partial charge in [-0.05, 0) is 25.3 Å². The summed E-state index contributed by atoms with van der Waals surface area (Å²) in [5.41, 5.74) is 3.48.